The number of nitrogens with one attached hydrogen (secondary N) is 1. The van der Waals surface area contributed by atoms with Gasteiger partial charge in [-0.25, -0.2) is 0 Å². The molecule has 0 fully saturated rings. The second-order valence-electron chi connectivity index (χ2n) is 5.27. The highest BCUT2D eigenvalue weighted by Crippen LogP contribution is 2.37. The molecule has 0 saturated heterocycles. The van der Waals surface area contributed by atoms with E-state index in [1.807, 2.05) is 5.32 Å². The maximum absolute atomic E-state index is 12.8. The van der Waals surface area contributed by atoms with E-state index in [1.54, 1.807) is 6.92 Å². The van der Waals surface area contributed by atoms with Crippen molar-refractivity contribution in [3.8, 4) is 5.75 Å². The van der Waals surface area contributed by atoms with E-state index in [0.717, 1.165) is 0 Å². The van der Waals surface area contributed by atoms with Crippen LogP contribution in [0.25, 0.3) is 0 Å². The molecule has 2 aromatic rings. The number of aryl methyl sites for hydroxylation is 1. The molecule has 0 saturated carbocycles. The van der Waals surface area contributed by atoms with Gasteiger partial charge in [-0.1, -0.05) is 11.6 Å². The molecule has 134 valence electrons. The van der Waals surface area contributed by atoms with Crippen LogP contribution >= 0.6 is 0 Å². The molecule has 0 unspecified atom stereocenters. The standard InChI is InChI=1S/C16H11F6NO2/c1-8-2-3-13(24)12(4-8)14(25)23-11-6-9(15(17,18)19)5-10(7-11)16(20,21)22/h2-7,24H,1H3,(H,23,25). The lowest BCUT2D eigenvalue weighted by atomic mass is 10.1. The van der Waals surface area contributed by atoms with Gasteiger partial charge in [0.15, 0.2) is 0 Å². The Morgan fingerprint density at radius 2 is 1.44 bits per heavy atom. The van der Waals surface area contributed by atoms with Crippen LogP contribution in [0.4, 0.5) is 32.0 Å². The van der Waals surface area contributed by atoms with Crippen LogP contribution in [0.5, 0.6) is 5.75 Å². The molecule has 0 spiro atoms. The Bertz CT molecular complexity index is 779. The maximum atomic E-state index is 12.8. The second-order valence-corrected chi connectivity index (χ2v) is 5.27. The third-order valence-corrected chi connectivity index (χ3v) is 3.24. The fraction of sp³-hybridized carbons (Fsp3) is 0.188. The molecule has 0 radical (unpaired) electrons. The van der Waals surface area contributed by atoms with Crippen LogP contribution in [0.15, 0.2) is 36.4 Å². The molecular weight excluding hydrogens is 352 g/mol. The van der Waals surface area contributed by atoms with Gasteiger partial charge in [0.05, 0.1) is 16.7 Å². The first-order chi connectivity index (χ1) is 11.4. The van der Waals surface area contributed by atoms with Crippen molar-refractivity contribution in [3.63, 3.8) is 0 Å². The zero-order valence-electron chi connectivity index (χ0n) is 12.6. The first kappa shape index (κ1) is 18.6. The van der Waals surface area contributed by atoms with Crippen molar-refractivity contribution < 1.29 is 36.2 Å². The number of aromatic hydroxyl groups is 1. The van der Waals surface area contributed by atoms with Crippen molar-refractivity contribution in [2.24, 2.45) is 0 Å². The van der Waals surface area contributed by atoms with E-state index in [4.69, 9.17) is 0 Å². The number of carbonyl (C=O) groups is 1. The molecule has 2 rings (SSSR count). The molecule has 0 heterocycles. The Morgan fingerprint density at radius 1 is 0.920 bits per heavy atom. The highest BCUT2D eigenvalue weighted by atomic mass is 19.4. The number of anilines is 1. The maximum Gasteiger partial charge on any atom is 0.416 e. The van der Waals surface area contributed by atoms with Gasteiger partial charge in [-0.3, -0.25) is 4.79 Å². The number of carbonyl (C=O) groups excluding carboxylic acids is 1. The lowest BCUT2D eigenvalue weighted by Gasteiger charge is -2.15. The van der Waals surface area contributed by atoms with Crippen molar-refractivity contribution in [1.29, 1.82) is 0 Å². The zero-order valence-corrected chi connectivity index (χ0v) is 12.6. The minimum absolute atomic E-state index is 0.0419. The van der Waals surface area contributed by atoms with Gasteiger partial charge in [0.2, 0.25) is 0 Å². The number of halogens is 6. The van der Waals surface area contributed by atoms with E-state index >= 15 is 0 Å². The summed E-state index contributed by atoms with van der Waals surface area (Å²) in [6.07, 6.45) is -10.0. The summed E-state index contributed by atoms with van der Waals surface area (Å²) >= 11 is 0. The number of benzene rings is 2. The molecule has 0 aliphatic carbocycles. The number of alkyl halides is 6. The van der Waals surface area contributed by atoms with Crippen LogP contribution in [0.2, 0.25) is 0 Å². The number of phenolic OH excluding ortho intramolecular Hbond substituents is 1. The van der Waals surface area contributed by atoms with Gasteiger partial charge in [0, 0.05) is 5.69 Å². The third-order valence-electron chi connectivity index (χ3n) is 3.24. The zero-order chi connectivity index (χ0) is 19.0. The lowest BCUT2D eigenvalue weighted by molar-refractivity contribution is -0.143. The Labute approximate surface area is 137 Å². The average molecular weight is 363 g/mol. The molecule has 0 aliphatic heterocycles. The molecule has 9 heteroatoms. The van der Waals surface area contributed by atoms with Crippen molar-refractivity contribution in [2.75, 3.05) is 5.32 Å². The fourth-order valence-electron chi connectivity index (χ4n) is 2.06. The molecule has 2 aromatic carbocycles. The Balaban J connectivity index is 2.45. The summed E-state index contributed by atoms with van der Waals surface area (Å²) in [7, 11) is 0. The summed E-state index contributed by atoms with van der Waals surface area (Å²) in [5.41, 5.74) is -3.49. The predicted octanol–water partition coefficient (Wildman–Crippen LogP) is 4.99. The molecule has 3 nitrogen and oxygen atoms in total. The molecule has 0 aromatic heterocycles. The molecule has 0 atom stereocenters. The van der Waals surface area contributed by atoms with Crippen molar-refractivity contribution >= 4 is 11.6 Å². The second kappa shape index (κ2) is 6.30. The van der Waals surface area contributed by atoms with Gasteiger partial charge in [-0.05, 0) is 37.3 Å². The normalized spacial score (nSPS) is 12.1. The quantitative estimate of drug-likeness (QED) is 0.739. The first-order valence-electron chi connectivity index (χ1n) is 6.78. The highest BCUT2D eigenvalue weighted by molar-refractivity contribution is 6.06. The topological polar surface area (TPSA) is 49.3 Å². The number of rotatable bonds is 2. The van der Waals surface area contributed by atoms with Gasteiger partial charge in [0.1, 0.15) is 5.75 Å². The monoisotopic (exact) mass is 363 g/mol. The first-order valence-corrected chi connectivity index (χ1v) is 6.78. The molecule has 1 amide bonds. The van der Waals surface area contributed by atoms with Crippen molar-refractivity contribution in [2.45, 2.75) is 19.3 Å². The molecule has 25 heavy (non-hydrogen) atoms. The minimum atomic E-state index is -5.02. The highest BCUT2D eigenvalue weighted by Gasteiger charge is 2.37. The van der Waals surface area contributed by atoms with E-state index in [1.165, 1.54) is 18.2 Å². The largest absolute Gasteiger partial charge is 0.507 e. The molecular formula is C16H11F6NO2. The lowest BCUT2D eigenvalue weighted by Crippen LogP contribution is -2.16. The molecule has 0 aliphatic rings. The SMILES string of the molecule is Cc1ccc(O)c(C(=O)Nc2cc(C(F)(F)F)cc(C(F)(F)F)c2)c1. The average Bonchev–Trinajstić information content (AvgIpc) is 2.47. The summed E-state index contributed by atoms with van der Waals surface area (Å²) in [4.78, 5) is 12.1. The summed E-state index contributed by atoms with van der Waals surface area (Å²) in [5, 5.41) is 11.6. The number of amides is 1. The van der Waals surface area contributed by atoms with E-state index < -0.39 is 40.8 Å². The van der Waals surface area contributed by atoms with Crippen molar-refractivity contribution in [3.05, 3.63) is 58.7 Å². The van der Waals surface area contributed by atoms with Crippen LogP contribution in [-0.2, 0) is 12.4 Å². The summed E-state index contributed by atoms with van der Waals surface area (Å²) in [6.45, 7) is 1.60. The van der Waals surface area contributed by atoms with Gasteiger partial charge >= 0.3 is 12.4 Å². The van der Waals surface area contributed by atoms with E-state index in [2.05, 4.69) is 0 Å². The van der Waals surface area contributed by atoms with Gasteiger partial charge < -0.3 is 10.4 Å². The van der Waals surface area contributed by atoms with Gasteiger partial charge in [-0.2, -0.15) is 26.3 Å². The Hall–Kier alpha value is -2.71. The van der Waals surface area contributed by atoms with Crippen LogP contribution < -0.4 is 5.32 Å². The van der Waals surface area contributed by atoms with Crippen LogP contribution in [-0.4, -0.2) is 11.0 Å². The van der Waals surface area contributed by atoms with Crippen LogP contribution in [0.1, 0.15) is 27.0 Å². The van der Waals surface area contributed by atoms with Crippen LogP contribution in [0.3, 0.4) is 0 Å². The van der Waals surface area contributed by atoms with E-state index in [0.29, 0.717) is 17.7 Å². The molecule has 2 N–H and O–H groups in total. The fourth-order valence-corrected chi connectivity index (χ4v) is 2.06. The number of hydrogen-bond acceptors (Lipinski definition) is 2. The van der Waals surface area contributed by atoms with Gasteiger partial charge in [-0.15, -0.1) is 0 Å². The van der Waals surface area contributed by atoms with E-state index in [9.17, 15) is 36.2 Å². The summed E-state index contributed by atoms with van der Waals surface area (Å²) in [6, 6.07) is 4.67. The number of phenols is 1. The van der Waals surface area contributed by atoms with E-state index in [-0.39, 0.29) is 11.6 Å². The van der Waals surface area contributed by atoms with Gasteiger partial charge in [0.25, 0.3) is 5.91 Å². The molecule has 0 bridgehead atoms. The summed E-state index contributed by atoms with van der Waals surface area (Å²) in [5.74, 6) is -1.49. The van der Waals surface area contributed by atoms with Crippen molar-refractivity contribution in [1.82, 2.24) is 0 Å². The Morgan fingerprint density at radius 3 is 1.92 bits per heavy atom. The summed E-state index contributed by atoms with van der Waals surface area (Å²) < 4.78 is 76.8. The predicted molar refractivity (Wildman–Crippen MR) is 77.2 cm³/mol. The van der Waals surface area contributed by atoms with Crippen LogP contribution in [0, 0.1) is 6.92 Å². The Kier molecular flexibility index (Phi) is 4.70. The number of hydrogen-bond donors (Lipinski definition) is 2. The smallest absolute Gasteiger partial charge is 0.416 e. The minimum Gasteiger partial charge on any atom is -0.507 e. The third kappa shape index (κ3) is 4.43.